The van der Waals surface area contributed by atoms with E-state index in [9.17, 15) is 39.3 Å². The molecule has 1 aliphatic carbocycles. The largest absolute Gasteiger partial charge is 0.508 e. The lowest BCUT2D eigenvalue weighted by Gasteiger charge is -2.48. The van der Waals surface area contributed by atoms with Crippen molar-refractivity contribution < 1.29 is 38.9 Å². The van der Waals surface area contributed by atoms with E-state index in [0.29, 0.717) is 33.5 Å². The molecule has 3 aliphatic heterocycles. The Morgan fingerprint density at radius 3 is 2.57 bits per heavy atom. The zero-order valence-corrected chi connectivity index (χ0v) is 24.2. The molecule has 2 atom stereocenters. The number of aromatic hydroxyl groups is 1. The normalized spacial score (nSPS) is 17.8. The highest BCUT2D eigenvalue weighted by molar-refractivity contribution is 8.01. The summed E-state index contributed by atoms with van der Waals surface area (Å²) in [5, 5.41) is 32.6. The van der Waals surface area contributed by atoms with Gasteiger partial charge < -0.3 is 30.8 Å². The number of carbonyl (C=O) groups is 4. The summed E-state index contributed by atoms with van der Waals surface area (Å²) in [7, 11) is 0. The van der Waals surface area contributed by atoms with Gasteiger partial charge in [0.25, 0.3) is 0 Å². The quantitative estimate of drug-likeness (QED) is 0.140. The third kappa shape index (κ3) is 5.16. The second-order valence-corrected chi connectivity index (χ2v) is 12.2. The van der Waals surface area contributed by atoms with Crippen LogP contribution in [0.3, 0.4) is 0 Å². The number of β-lactam (4-membered cyclic amide) rings is 1. The molecule has 2 aromatic carbocycles. The number of benzene rings is 3. The molecule has 0 radical (unpaired) electrons. The molecule has 0 saturated carbocycles. The number of amides is 2. The van der Waals surface area contributed by atoms with Gasteiger partial charge in [0.1, 0.15) is 34.2 Å². The van der Waals surface area contributed by atoms with Crippen LogP contribution in [0.5, 0.6) is 5.75 Å². The molecule has 1 saturated heterocycles. The van der Waals surface area contributed by atoms with E-state index in [0.717, 1.165) is 0 Å². The molecular formula is C30H23N3O9S2. The maximum atomic E-state index is 12.9. The summed E-state index contributed by atoms with van der Waals surface area (Å²) in [4.78, 5) is 62.5. The molecule has 44 heavy (non-hydrogen) atoms. The summed E-state index contributed by atoms with van der Waals surface area (Å²) in [5.74, 6) is -2.66. The van der Waals surface area contributed by atoms with Crippen LogP contribution in [0.2, 0.25) is 0 Å². The molecule has 0 aromatic heterocycles. The van der Waals surface area contributed by atoms with E-state index < -0.39 is 35.2 Å². The SMILES string of the molecule is NC1C(=O)N2C(C(=O)O)=C(CSCC(=O)Nc3ccc(C(=O)O)c(-c4c5ccc(=O)cc-5oc5cc(O)ccc45)c3)CSC12. The molecule has 3 heterocycles. The van der Waals surface area contributed by atoms with Crippen molar-refractivity contribution in [3.63, 3.8) is 0 Å². The minimum absolute atomic E-state index is 0.0460. The Morgan fingerprint density at radius 2 is 1.82 bits per heavy atom. The fourth-order valence-electron chi connectivity index (χ4n) is 5.32. The van der Waals surface area contributed by atoms with Crippen LogP contribution >= 0.6 is 23.5 Å². The van der Waals surface area contributed by atoms with Gasteiger partial charge in [0, 0.05) is 45.8 Å². The summed E-state index contributed by atoms with van der Waals surface area (Å²) in [6.07, 6.45) is 0. The van der Waals surface area contributed by atoms with Crippen LogP contribution in [-0.4, -0.2) is 72.6 Å². The van der Waals surface area contributed by atoms with Gasteiger partial charge in [0.15, 0.2) is 5.43 Å². The van der Waals surface area contributed by atoms with Gasteiger partial charge >= 0.3 is 11.9 Å². The van der Waals surface area contributed by atoms with Gasteiger partial charge in [-0.15, -0.1) is 23.5 Å². The first kappa shape index (κ1) is 29.3. The minimum atomic E-state index is -1.22. The lowest BCUT2D eigenvalue weighted by molar-refractivity contribution is -0.147. The number of nitrogens with one attached hydrogen (secondary N) is 1. The van der Waals surface area contributed by atoms with E-state index in [-0.39, 0.29) is 50.9 Å². The molecule has 2 unspecified atom stereocenters. The number of hydrogen-bond acceptors (Lipinski definition) is 10. The van der Waals surface area contributed by atoms with Gasteiger partial charge in [0.05, 0.1) is 11.3 Å². The van der Waals surface area contributed by atoms with Gasteiger partial charge in [-0.25, -0.2) is 9.59 Å². The predicted octanol–water partition coefficient (Wildman–Crippen LogP) is 3.22. The predicted molar refractivity (Wildman–Crippen MR) is 165 cm³/mol. The number of phenolic OH excluding ortho intramolecular Hbond substituents is 1. The number of hydrogen-bond donors (Lipinski definition) is 5. The number of phenols is 1. The van der Waals surface area contributed by atoms with Crippen LogP contribution in [0.25, 0.3) is 33.4 Å². The van der Waals surface area contributed by atoms with Gasteiger partial charge in [-0.05, 0) is 53.6 Å². The van der Waals surface area contributed by atoms with Crippen molar-refractivity contribution in [1.29, 1.82) is 0 Å². The first-order chi connectivity index (χ1) is 21.0. The standard InChI is InChI=1S/C30H23N3O9S2/c31-25-27(37)33-26(30(40)41)13(11-44-28(25)33)10-43-12-23(36)32-14-1-4-17(29(38)39)20(7-14)24-18-5-2-15(34)8-21(18)42-22-9-16(35)3-6-19(22)24/h1-9,25,28,34H,10-12,31H2,(H,32,36)(H,38,39)(H,40,41). The average molecular weight is 634 g/mol. The Kier molecular flexibility index (Phi) is 7.57. The fourth-order valence-corrected chi connectivity index (χ4v) is 7.59. The Balaban J connectivity index is 1.28. The van der Waals surface area contributed by atoms with E-state index in [4.69, 9.17) is 10.2 Å². The van der Waals surface area contributed by atoms with Gasteiger partial charge in [-0.3, -0.25) is 19.3 Å². The molecule has 6 N–H and O–H groups in total. The third-order valence-corrected chi connectivity index (χ3v) is 9.66. The van der Waals surface area contributed by atoms with Crippen LogP contribution in [-0.2, 0) is 14.4 Å². The van der Waals surface area contributed by atoms with Gasteiger partial charge in [0.2, 0.25) is 11.8 Å². The minimum Gasteiger partial charge on any atom is -0.508 e. The Morgan fingerprint density at radius 1 is 1.02 bits per heavy atom. The van der Waals surface area contributed by atoms with Crippen LogP contribution < -0.4 is 16.5 Å². The van der Waals surface area contributed by atoms with Crippen LogP contribution in [0, 0.1) is 0 Å². The van der Waals surface area contributed by atoms with Crippen molar-refractivity contribution >= 4 is 63.9 Å². The zero-order chi connectivity index (χ0) is 31.3. The molecule has 224 valence electrons. The maximum Gasteiger partial charge on any atom is 0.352 e. The molecule has 2 aromatic rings. The van der Waals surface area contributed by atoms with Gasteiger partial charge in [-0.2, -0.15) is 0 Å². The summed E-state index contributed by atoms with van der Waals surface area (Å²) >= 11 is 2.56. The molecule has 2 amide bonds. The number of carbonyl (C=O) groups excluding carboxylic acids is 2. The first-order valence-electron chi connectivity index (χ1n) is 13.1. The number of thioether (sulfide) groups is 2. The molecule has 4 aliphatic rings. The molecule has 12 nitrogen and oxygen atoms in total. The second kappa shape index (κ2) is 11.4. The number of carboxylic acids is 2. The molecule has 6 rings (SSSR count). The summed E-state index contributed by atoms with van der Waals surface area (Å²) in [6, 6.07) is 12.1. The number of anilines is 1. The van der Waals surface area contributed by atoms with Crippen LogP contribution in [0.15, 0.2) is 75.1 Å². The Bertz CT molecular complexity index is 1950. The van der Waals surface area contributed by atoms with E-state index in [1.807, 2.05) is 0 Å². The highest BCUT2D eigenvalue weighted by atomic mass is 32.2. The van der Waals surface area contributed by atoms with Crippen molar-refractivity contribution in [3.05, 3.63) is 81.7 Å². The van der Waals surface area contributed by atoms with E-state index in [1.165, 1.54) is 77.0 Å². The van der Waals surface area contributed by atoms with Crippen molar-refractivity contribution in [3.8, 4) is 28.2 Å². The number of nitrogens with two attached hydrogens (primary N) is 1. The monoisotopic (exact) mass is 633 g/mol. The zero-order valence-electron chi connectivity index (χ0n) is 22.6. The van der Waals surface area contributed by atoms with Crippen molar-refractivity contribution in [2.45, 2.75) is 11.4 Å². The van der Waals surface area contributed by atoms with E-state index in [2.05, 4.69) is 5.32 Å². The number of nitrogens with zero attached hydrogens (tertiary/aromatic N) is 1. The Labute approximate surface area is 256 Å². The van der Waals surface area contributed by atoms with Crippen LogP contribution in [0.4, 0.5) is 5.69 Å². The van der Waals surface area contributed by atoms with Crippen molar-refractivity contribution in [2.75, 3.05) is 22.6 Å². The molecule has 0 spiro atoms. The number of fused-ring (bicyclic) bond motifs is 3. The van der Waals surface area contributed by atoms with Crippen molar-refractivity contribution in [1.82, 2.24) is 4.90 Å². The topological polar surface area (TPSA) is 200 Å². The molecule has 0 bridgehead atoms. The lowest BCUT2D eigenvalue weighted by atomic mass is 9.90. The lowest BCUT2D eigenvalue weighted by Crippen LogP contribution is -2.68. The molecular weight excluding hydrogens is 610 g/mol. The fraction of sp³-hybridized carbons (Fsp3) is 0.167. The number of carboxylic acid groups (broad SMARTS) is 2. The summed E-state index contributed by atoms with van der Waals surface area (Å²) < 4.78 is 5.86. The van der Waals surface area contributed by atoms with E-state index in [1.54, 1.807) is 6.07 Å². The summed E-state index contributed by atoms with van der Waals surface area (Å²) in [5.41, 5.74) is 7.52. The number of aromatic carboxylic acids is 1. The summed E-state index contributed by atoms with van der Waals surface area (Å²) in [6.45, 7) is 0. The molecule has 14 heteroatoms. The van der Waals surface area contributed by atoms with Gasteiger partial charge in [-0.1, -0.05) is 0 Å². The van der Waals surface area contributed by atoms with Crippen LogP contribution in [0.1, 0.15) is 10.4 Å². The second-order valence-electron chi connectivity index (χ2n) is 10.1. The average Bonchev–Trinajstić information content (AvgIpc) is 2.98. The smallest absolute Gasteiger partial charge is 0.352 e. The third-order valence-electron chi connectivity index (χ3n) is 7.28. The Hall–Kier alpha value is -4.79. The van der Waals surface area contributed by atoms with Crippen molar-refractivity contribution in [2.24, 2.45) is 5.73 Å². The maximum absolute atomic E-state index is 12.9. The number of aliphatic carboxylic acids is 1. The highest BCUT2D eigenvalue weighted by Crippen LogP contribution is 2.43. The molecule has 1 fully saturated rings. The highest BCUT2D eigenvalue weighted by Gasteiger charge is 2.51. The number of rotatable bonds is 8. The van der Waals surface area contributed by atoms with E-state index >= 15 is 0 Å². The first-order valence-corrected chi connectivity index (χ1v) is 15.3.